The van der Waals surface area contributed by atoms with Gasteiger partial charge in [-0.3, -0.25) is 4.79 Å². The van der Waals surface area contributed by atoms with Crippen LogP contribution in [0, 0.1) is 6.92 Å². The van der Waals surface area contributed by atoms with E-state index in [0.717, 1.165) is 12.8 Å². The lowest BCUT2D eigenvalue weighted by atomic mass is 9.94. The lowest BCUT2D eigenvalue weighted by Crippen LogP contribution is -2.47. The van der Waals surface area contributed by atoms with Gasteiger partial charge in [-0.25, -0.2) is 4.79 Å². The van der Waals surface area contributed by atoms with E-state index in [2.05, 4.69) is 5.32 Å². The third-order valence-corrected chi connectivity index (χ3v) is 4.64. The monoisotopic (exact) mass is 337 g/mol. The summed E-state index contributed by atoms with van der Waals surface area (Å²) < 4.78 is 16.0. The fourth-order valence-corrected chi connectivity index (χ4v) is 3.13. The van der Waals surface area contributed by atoms with Crippen molar-refractivity contribution >= 4 is 5.91 Å². The van der Waals surface area contributed by atoms with Crippen LogP contribution >= 0.6 is 0 Å². The van der Waals surface area contributed by atoms with Gasteiger partial charge in [-0.2, -0.15) is 0 Å². The van der Waals surface area contributed by atoms with E-state index >= 15 is 0 Å². The maximum atomic E-state index is 12.4. The average Bonchev–Trinajstić information content (AvgIpc) is 3.07. The average molecular weight is 337 g/mol. The van der Waals surface area contributed by atoms with Gasteiger partial charge in [0, 0.05) is 39.2 Å². The van der Waals surface area contributed by atoms with E-state index in [-0.39, 0.29) is 18.2 Å². The Bertz CT molecular complexity index is 656. The summed E-state index contributed by atoms with van der Waals surface area (Å²) in [6.07, 6.45) is 2.44. The minimum absolute atomic E-state index is 0.0209. The summed E-state index contributed by atoms with van der Waals surface area (Å²) in [4.78, 5) is 24.6. The number of nitrogens with one attached hydrogen (secondary N) is 1. The zero-order valence-corrected chi connectivity index (χ0v) is 13.8. The van der Waals surface area contributed by atoms with Crippen LogP contribution in [0.5, 0.6) is 0 Å². The highest BCUT2D eigenvalue weighted by molar-refractivity contribution is 5.95. The minimum Gasteiger partial charge on any atom is -0.424 e. The second kappa shape index (κ2) is 7.04. The summed E-state index contributed by atoms with van der Waals surface area (Å²) in [5, 5.41) is 13.0. The minimum atomic E-state index is -0.986. The molecule has 1 aromatic heterocycles. The largest absolute Gasteiger partial charge is 0.424 e. The summed E-state index contributed by atoms with van der Waals surface area (Å²) in [5.74, 6) is -0.0605. The number of aryl methyl sites for hydroxylation is 1. The summed E-state index contributed by atoms with van der Waals surface area (Å²) in [6.45, 7) is 3.36. The molecule has 3 rings (SSSR count). The number of carbonyl (C=O) groups is 1. The second-order valence-electron chi connectivity index (χ2n) is 6.52. The van der Waals surface area contributed by atoms with Gasteiger partial charge in [0.05, 0.1) is 5.60 Å². The number of carbonyl (C=O) groups excluding carboxylic acids is 1. The Kier molecular flexibility index (Phi) is 5.03. The standard InChI is InChI=1S/C17H23NO6/c1-11-9-13(12-3-2-6-23-12)24-16(20)14(11)15(19)18-10-17(21)4-7-22-8-5-17/h9,12,21H,2-8,10H2,1H3,(H,18,19). The van der Waals surface area contributed by atoms with E-state index in [4.69, 9.17) is 13.9 Å². The molecule has 7 heteroatoms. The predicted octanol–water partition coefficient (Wildman–Crippen LogP) is 1.07. The Labute approximate surface area is 139 Å². The molecule has 1 aromatic rings. The topological polar surface area (TPSA) is 98.0 Å². The van der Waals surface area contributed by atoms with Crippen LogP contribution in [0.1, 0.15) is 53.5 Å². The Balaban J connectivity index is 1.71. The van der Waals surface area contributed by atoms with Gasteiger partial charge >= 0.3 is 5.63 Å². The normalized spacial score (nSPS) is 23.2. The molecule has 2 aliphatic heterocycles. The molecule has 2 saturated heterocycles. The summed E-state index contributed by atoms with van der Waals surface area (Å²) in [5.41, 5.74) is -1.13. The van der Waals surface area contributed by atoms with Crippen molar-refractivity contribution in [3.05, 3.63) is 33.4 Å². The van der Waals surface area contributed by atoms with Crippen LogP contribution in [0.4, 0.5) is 0 Å². The molecule has 0 aliphatic carbocycles. The Morgan fingerprint density at radius 1 is 1.38 bits per heavy atom. The first-order chi connectivity index (χ1) is 11.5. The van der Waals surface area contributed by atoms with E-state index in [9.17, 15) is 14.7 Å². The number of rotatable bonds is 4. The molecule has 1 atom stereocenters. The number of aliphatic hydroxyl groups is 1. The van der Waals surface area contributed by atoms with E-state index in [1.165, 1.54) is 0 Å². The van der Waals surface area contributed by atoms with Crippen molar-refractivity contribution in [2.24, 2.45) is 0 Å². The maximum Gasteiger partial charge on any atom is 0.349 e. The van der Waals surface area contributed by atoms with Crippen LogP contribution in [-0.2, 0) is 9.47 Å². The number of amides is 1. The molecule has 0 saturated carbocycles. The van der Waals surface area contributed by atoms with Gasteiger partial charge in [0.15, 0.2) is 0 Å². The quantitative estimate of drug-likeness (QED) is 0.853. The molecular weight excluding hydrogens is 314 g/mol. The fraction of sp³-hybridized carbons (Fsp3) is 0.647. The van der Waals surface area contributed by atoms with Crippen LogP contribution in [0.3, 0.4) is 0 Å². The van der Waals surface area contributed by atoms with Gasteiger partial charge in [-0.1, -0.05) is 0 Å². The van der Waals surface area contributed by atoms with Crippen LogP contribution in [0.25, 0.3) is 0 Å². The summed E-state index contributed by atoms with van der Waals surface area (Å²) in [6, 6.07) is 1.69. The van der Waals surface area contributed by atoms with E-state index in [0.29, 0.717) is 44.0 Å². The molecule has 0 bridgehead atoms. The van der Waals surface area contributed by atoms with E-state index < -0.39 is 17.1 Å². The zero-order valence-electron chi connectivity index (χ0n) is 13.8. The highest BCUT2D eigenvalue weighted by Gasteiger charge is 2.31. The highest BCUT2D eigenvalue weighted by Crippen LogP contribution is 2.28. The summed E-state index contributed by atoms with van der Waals surface area (Å²) >= 11 is 0. The molecule has 3 heterocycles. The first-order valence-corrected chi connectivity index (χ1v) is 8.33. The van der Waals surface area contributed by atoms with Gasteiger partial charge < -0.3 is 24.3 Å². The summed E-state index contributed by atoms with van der Waals surface area (Å²) in [7, 11) is 0. The van der Waals surface area contributed by atoms with Gasteiger partial charge in [-0.05, 0) is 31.4 Å². The molecule has 0 radical (unpaired) electrons. The SMILES string of the molecule is Cc1cc(C2CCCO2)oc(=O)c1C(=O)NCC1(O)CCOCC1. The van der Waals surface area contributed by atoms with Crippen LogP contribution < -0.4 is 10.9 Å². The molecule has 2 aliphatic rings. The smallest absolute Gasteiger partial charge is 0.349 e. The number of ether oxygens (including phenoxy) is 2. The first-order valence-electron chi connectivity index (χ1n) is 8.33. The molecule has 1 amide bonds. The lowest BCUT2D eigenvalue weighted by molar-refractivity contribution is -0.0605. The third kappa shape index (κ3) is 3.68. The molecule has 1 unspecified atom stereocenters. The Morgan fingerprint density at radius 3 is 2.75 bits per heavy atom. The molecule has 24 heavy (non-hydrogen) atoms. The van der Waals surface area contributed by atoms with Gasteiger partial charge in [0.25, 0.3) is 5.91 Å². The Morgan fingerprint density at radius 2 is 2.12 bits per heavy atom. The van der Waals surface area contributed by atoms with Gasteiger partial charge in [0.1, 0.15) is 17.4 Å². The highest BCUT2D eigenvalue weighted by atomic mass is 16.5. The van der Waals surface area contributed by atoms with Crippen molar-refractivity contribution in [2.45, 2.75) is 44.3 Å². The predicted molar refractivity (Wildman–Crippen MR) is 85.0 cm³/mol. The van der Waals surface area contributed by atoms with Crippen molar-refractivity contribution in [3.63, 3.8) is 0 Å². The van der Waals surface area contributed by atoms with Gasteiger partial charge in [-0.15, -0.1) is 0 Å². The van der Waals surface area contributed by atoms with Crippen LogP contribution in [0.2, 0.25) is 0 Å². The molecule has 2 N–H and O–H groups in total. The second-order valence-corrected chi connectivity index (χ2v) is 6.52. The molecule has 0 spiro atoms. The van der Waals surface area contributed by atoms with Gasteiger partial charge in [0.2, 0.25) is 0 Å². The molecule has 2 fully saturated rings. The van der Waals surface area contributed by atoms with E-state index in [1.54, 1.807) is 13.0 Å². The molecule has 7 nitrogen and oxygen atoms in total. The maximum absolute atomic E-state index is 12.4. The third-order valence-electron chi connectivity index (χ3n) is 4.64. The van der Waals surface area contributed by atoms with E-state index in [1.807, 2.05) is 0 Å². The zero-order chi connectivity index (χ0) is 17.2. The van der Waals surface area contributed by atoms with Crippen molar-refractivity contribution in [2.75, 3.05) is 26.4 Å². The van der Waals surface area contributed by atoms with Crippen molar-refractivity contribution < 1.29 is 23.8 Å². The molecule has 132 valence electrons. The molecular formula is C17H23NO6. The van der Waals surface area contributed by atoms with Crippen molar-refractivity contribution in [1.29, 1.82) is 0 Å². The number of hydrogen-bond donors (Lipinski definition) is 2. The van der Waals surface area contributed by atoms with Crippen molar-refractivity contribution in [3.8, 4) is 0 Å². The van der Waals surface area contributed by atoms with Crippen LogP contribution in [0.15, 0.2) is 15.3 Å². The number of hydrogen-bond acceptors (Lipinski definition) is 6. The van der Waals surface area contributed by atoms with Crippen molar-refractivity contribution in [1.82, 2.24) is 5.32 Å². The first kappa shape index (κ1) is 17.1. The lowest BCUT2D eigenvalue weighted by Gasteiger charge is -2.32. The Hall–Kier alpha value is -1.70. The fourth-order valence-electron chi connectivity index (χ4n) is 3.13. The molecule has 0 aromatic carbocycles. The van der Waals surface area contributed by atoms with Crippen LogP contribution in [-0.4, -0.2) is 43.0 Å².